The lowest BCUT2D eigenvalue weighted by Gasteiger charge is -2.34. The number of piperidine rings is 1. The zero-order valence-corrected chi connectivity index (χ0v) is 10.2. The average molecular weight is 283 g/mol. The molecule has 0 N–H and O–H groups in total. The van der Waals surface area contributed by atoms with Crippen molar-refractivity contribution in [3.8, 4) is 0 Å². The molecule has 1 saturated heterocycles. The first-order valence-electron chi connectivity index (χ1n) is 4.67. The normalized spacial score (nSPS) is 32.8. The van der Waals surface area contributed by atoms with Gasteiger partial charge in [-0.3, -0.25) is 0 Å². The molecule has 3 heteroatoms. The van der Waals surface area contributed by atoms with Crippen LogP contribution in [0.25, 0.3) is 0 Å². The van der Waals surface area contributed by atoms with Crippen LogP contribution in [0.4, 0.5) is 0 Å². The molecule has 0 aromatic rings. The van der Waals surface area contributed by atoms with Crippen LogP contribution in [0.1, 0.15) is 33.6 Å². The number of rotatable bonds is 2. The Kier molecular flexibility index (Phi) is 4.26. The Bertz CT molecular complexity index is 140. The quantitative estimate of drug-likeness (QED) is 0.570. The molecule has 2 nitrogen and oxygen atoms in total. The topological polar surface area (TPSA) is 12.5 Å². The average Bonchev–Trinajstić information content (AvgIpc) is 1.96. The summed E-state index contributed by atoms with van der Waals surface area (Å²) in [5.41, 5.74) is 0. The van der Waals surface area contributed by atoms with Gasteiger partial charge >= 0.3 is 0 Å². The van der Waals surface area contributed by atoms with E-state index in [-0.39, 0.29) is 0 Å². The van der Waals surface area contributed by atoms with Gasteiger partial charge in [0.1, 0.15) is 0 Å². The number of hydrogen-bond donors (Lipinski definition) is 0. The summed E-state index contributed by atoms with van der Waals surface area (Å²) in [7, 11) is 0. The van der Waals surface area contributed by atoms with E-state index in [4.69, 9.17) is 4.74 Å². The lowest BCUT2D eigenvalue weighted by Crippen LogP contribution is -2.38. The maximum absolute atomic E-state index is 5.78. The van der Waals surface area contributed by atoms with Crippen LogP contribution in [0, 0.1) is 0 Å². The van der Waals surface area contributed by atoms with Crippen LogP contribution < -0.4 is 0 Å². The minimum absolute atomic E-state index is 0.378. The van der Waals surface area contributed by atoms with Crippen molar-refractivity contribution >= 4 is 22.9 Å². The molecule has 1 heterocycles. The van der Waals surface area contributed by atoms with E-state index in [1.807, 2.05) is 0 Å². The van der Waals surface area contributed by atoms with Crippen LogP contribution in [-0.2, 0) is 4.74 Å². The van der Waals surface area contributed by atoms with Crippen molar-refractivity contribution in [1.29, 1.82) is 0 Å². The van der Waals surface area contributed by atoms with Crippen LogP contribution >= 0.6 is 22.9 Å². The fourth-order valence-electron chi connectivity index (χ4n) is 1.61. The molecule has 1 aliphatic rings. The first kappa shape index (κ1) is 10.7. The first-order chi connectivity index (χ1) is 5.59. The molecule has 0 aromatic carbocycles. The summed E-state index contributed by atoms with van der Waals surface area (Å²) >= 11 is 2.40. The minimum Gasteiger partial charge on any atom is -0.375 e. The van der Waals surface area contributed by atoms with Gasteiger partial charge in [-0.2, -0.15) is 0 Å². The molecule has 1 fully saturated rings. The molecule has 0 amide bonds. The fraction of sp³-hybridized carbons (Fsp3) is 1.00. The van der Waals surface area contributed by atoms with Crippen molar-refractivity contribution in [3.63, 3.8) is 0 Å². The maximum Gasteiger partial charge on any atom is 0.0606 e. The Morgan fingerprint density at radius 1 is 1.50 bits per heavy atom. The highest BCUT2D eigenvalue weighted by Crippen LogP contribution is 2.23. The number of hydrogen-bond acceptors (Lipinski definition) is 2. The monoisotopic (exact) mass is 283 g/mol. The second kappa shape index (κ2) is 4.77. The third kappa shape index (κ3) is 3.18. The third-order valence-corrected chi connectivity index (χ3v) is 3.64. The molecule has 1 aliphatic heterocycles. The molecule has 0 saturated carbocycles. The highest BCUT2D eigenvalue weighted by Gasteiger charge is 2.24. The van der Waals surface area contributed by atoms with Gasteiger partial charge in [-0.15, -0.1) is 0 Å². The number of ether oxygens (including phenoxy) is 1. The SMILES string of the molecule is CC(C)O[C@H]1CCN(I)[C@@H](C)C1. The summed E-state index contributed by atoms with van der Waals surface area (Å²) in [5.74, 6) is 0. The smallest absolute Gasteiger partial charge is 0.0606 e. The van der Waals surface area contributed by atoms with E-state index in [1.54, 1.807) is 0 Å². The van der Waals surface area contributed by atoms with Crippen LogP contribution in [0.3, 0.4) is 0 Å². The van der Waals surface area contributed by atoms with Gasteiger partial charge in [-0.25, -0.2) is 3.11 Å². The highest BCUT2D eigenvalue weighted by atomic mass is 127. The van der Waals surface area contributed by atoms with Crippen molar-refractivity contribution in [2.24, 2.45) is 0 Å². The minimum atomic E-state index is 0.378. The maximum atomic E-state index is 5.78. The van der Waals surface area contributed by atoms with Crippen molar-refractivity contribution < 1.29 is 4.74 Å². The predicted molar refractivity (Wildman–Crippen MR) is 59.4 cm³/mol. The molecule has 0 spiro atoms. The van der Waals surface area contributed by atoms with Crippen molar-refractivity contribution in [3.05, 3.63) is 0 Å². The van der Waals surface area contributed by atoms with Crippen LogP contribution in [0.15, 0.2) is 0 Å². The van der Waals surface area contributed by atoms with Gasteiger partial charge in [-0.05, 0) is 33.6 Å². The summed E-state index contributed by atoms with van der Waals surface area (Å²) < 4.78 is 8.15. The Morgan fingerprint density at radius 2 is 2.17 bits per heavy atom. The Morgan fingerprint density at radius 3 is 2.67 bits per heavy atom. The predicted octanol–water partition coefficient (Wildman–Crippen LogP) is 2.61. The highest BCUT2D eigenvalue weighted by molar-refractivity contribution is 14.1. The molecule has 12 heavy (non-hydrogen) atoms. The zero-order chi connectivity index (χ0) is 9.14. The van der Waals surface area contributed by atoms with Crippen LogP contribution in [0.2, 0.25) is 0 Å². The number of nitrogens with zero attached hydrogens (tertiary/aromatic N) is 1. The molecule has 0 unspecified atom stereocenters. The summed E-state index contributed by atoms with van der Waals surface area (Å²) in [5, 5.41) is 0. The molecule has 0 aromatic heterocycles. The Hall–Kier alpha value is 0.650. The standard InChI is InChI=1S/C9H18INO/c1-7(2)12-9-4-5-11(10)8(3)6-9/h7-9H,4-6H2,1-3H3/t8-,9-/m0/s1. The second-order valence-corrected chi connectivity index (χ2v) is 5.04. The van der Waals surface area contributed by atoms with Crippen LogP contribution in [-0.4, -0.2) is 27.9 Å². The van der Waals surface area contributed by atoms with Gasteiger partial charge in [0, 0.05) is 35.5 Å². The lowest BCUT2D eigenvalue weighted by molar-refractivity contribution is -0.0238. The molecule has 2 atom stereocenters. The van der Waals surface area contributed by atoms with E-state index in [0.717, 1.165) is 0 Å². The summed E-state index contributed by atoms with van der Waals surface area (Å²) in [6.07, 6.45) is 3.24. The van der Waals surface area contributed by atoms with Crippen LogP contribution in [0.5, 0.6) is 0 Å². The van der Waals surface area contributed by atoms with E-state index >= 15 is 0 Å². The van der Waals surface area contributed by atoms with Gasteiger partial charge in [-0.1, -0.05) is 0 Å². The third-order valence-electron chi connectivity index (χ3n) is 2.21. The van der Waals surface area contributed by atoms with Crippen molar-refractivity contribution in [2.75, 3.05) is 6.54 Å². The number of halogens is 1. The van der Waals surface area contributed by atoms with Gasteiger partial charge in [0.05, 0.1) is 12.2 Å². The van der Waals surface area contributed by atoms with Crippen molar-refractivity contribution in [2.45, 2.75) is 51.9 Å². The first-order valence-corrected chi connectivity index (χ1v) is 5.64. The van der Waals surface area contributed by atoms with E-state index in [9.17, 15) is 0 Å². The van der Waals surface area contributed by atoms with E-state index in [2.05, 4.69) is 46.7 Å². The molecule has 0 aliphatic carbocycles. The lowest BCUT2D eigenvalue weighted by atomic mass is 10.0. The molecule has 1 rings (SSSR count). The largest absolute Gasteiger partial charge is 0.375 e. The summed E-state index contributed by atoms with van der Waals surface area (Å²) in [4.78, 5) is 0. The zero-order valence-electron chi connectivity index (χ0n) is 8.09. The molecule has 0 radical (unpaired) electrons. The van der Waals surface area contributed by atoms with E-state index < -0.39 is 0 Å². The van der Waals surface area contributed by atoms with Gasteiger partial charge in [0.15, 0.2) is 0 Å². The molecular weight excluding hydrogens is 265 g/mol. The Labute approximate surface area is 89.1 Å². The molecular formula is C9H18INO. The van der Waals surface area contributed by atoms with Gasteiger partial charge in [0.25, 0.3) is 0 Å². The summed E-state index contributed by atoms with van der Waals surface area (Å²) in [6, 6.07) is 0.670. The molecule has 72 valence electrons. The van der Waals surface area contributed by atoms with Crippen molar-refractivity contribution in [1.82, 2.24) is 3.11 Å². The Balaban J connectivity index is 2.30. The fourth-order valence-corrected chi connectivity index (χ4v) is 2.11. The summed E-state index contributed by atoms with van der Waals surface area (Å²) in [6.45, 7) is 7.66. The van der Waals surface area contributed by atoms with Gasteiger partial charge < -0.3 is 4.74 Å². The van der Waals surface area contributed by atoms with Gasteiger partial charge in [0.2, 0.25) is 0 Å². The van der Waals surface area contributed by atoms with E-state index in [1.165, 1.54) is 19.4 Å². The molecule has 0 bridgehead atoms. The van der Waals surface area contributed by atoms with E-state index in [0.29, 0.717) is 18.2 Å². The second-order valence-electron chi connectivity index (χ2n) is 3.80.